The first-order chi connectivity index (χ1) is 11.5. The highest BCUT2D eigenvalue weighted by atomic mass is 35.5. The summed E-state index contributed by atoms with van der Waals surface area (Å²) in [6.45, 7) is 6.73. The molecule has 138 valence electrons. The van der Waals surface area contributed by atoms with Gasteiger partial charge in [-0.05, 0) is 44.5 Å². The van der Waals surface area contributed by atoms with E-state index in [0.717, 1.165) is 18.5 Å². The van der Waals surface area contributed by atoms with Gasteiger partial charge in [0.15, 0.2) is 0 Å². The molecule has 1 fully saturated rings. The number of rotatable bonds is 3. The quantitative estimate of drug-likeness (QED) is 0.873. The molecule has 1 aromatic carbocycles. The molecule has 2 heterocycles. The van der Waals surface area contributed by atoms with Crippen molar-refractivity contribution < 1.29 is 8.42 Å². The molecule has 0 saturated carbocycles. The fraction of sp³-hybridized carbons (Fsp3) is 0.471. The summed E-state index contributed by atoms with van der Waals surface area (Å²) in [6, 6.07) is 4.98. The number of benzene rings is 1. The molecule has 0 unspecified atom stereocenters. The normalized spacial score (nSPS) is 16.4. The van der Waals surface area contributed by atoms with Gasteiger partial charge in [0.2, 0.25) is 10.0 Å². The average molecular weight is 386 g/mol. The van der Waals surface area contributed by atoms with Crippen LogP contribution in [0.4, 0.5) is 0 Å². The summed E-state index contributed by atoms with van der Waals surface area (Å²) >= 11 is 0. The second kappa shape index (κ2) is 7.86. The van der Waals surface area contributed by atoms with Crippen LogP contribution in [-0.2, 0) is 16.6 Å². The van der Waals surface area contributed by atoms with Crippen molar-refractivity contribution in [1.82, 2.24) is 14.2 Å². The lowest BCUT2D eigenvalue weighted by atomic mass is 10.1. The van der Waals surface area contributed by atoms with Gasteiger partial charge in [-0.25, -0.2) is 8.42 Å². The monoisotopic (exact) mass is 385 g/mol. The zero-order chi connectivity index (χ0) is 17.3. The lowest BCUT2D eigenvalue weighted by Gasteiger charge is -2.21. The standard InChI is InChI=1S/C17H23N3O3S.ClH/c1-3-19-12-13(2)16-14(17(19)21)6-4-7-15(16)24(22,23)20-10-5-8-18-9-11-20;/h4,6-7,12,18H,3,5,8-11H2,1-2H3;1H. The highest BCUT2D eigenvalue weighted by Gasteiger charge is 2.27. The summed E-state index contributed by atoms with van der Waals surface area (Å²) in [4.78, 5) is 12.8. The number of fused-ring (bicyclic) bond motifs is 1. The molecule has 1 aliphatic rings. The van der Waals surface area contributed by atoms with Crippen molar-refractivity contribution in [2.45, 2.75) is 31.7 Å². The summed E-state index contributed by atoms with van der Waals surface area (Å²) in [6.07, 6.45) is 2.53. The number of sulfonamides is 1. The average Bonchev–Trinajstić information content (AvgIpc) is 2.87. The van der Waals surface area contributed by atoms with E-state index in [1.165, 1.54) is 4.31 Å². The minimum Gasteiger partial charge on any atom is -0.315 e. The maximum Gasteiger partial charge on any atom is 0.258 e. The number of hydrogen-bond donors (Lipinski definition) is 1. The van der Waals surface area contributed by atoms with Gasteiger partial charge in [-0.1, -0.05) is 6.07 Å². The largest absolute Gasteiger partial charge is 0.315 e. The zero-order valence-corrected chi connectivity index (χ0v) is 16.1. The summed E-state index contributed by atoms with van der Waals surface area (Å²) in [7, 11) is -3.63. The van der Waals surface area contributed by atoms with E-state index in [9.17, 15) is 13.2 Å². The van der Waals surface area contributed by atoms with E-state index >= 15 is 0 Å². The van der Waals surface area contributed by atoms with Crippen molar-refractivity contribution in [2.75, 3.05) is 26.2 Å². The lowest BCUT2D eigenvalue weighted by molar-refractivity contribution is 0.432. The second-order valence-corrected chi connectivity index (χ2v) is 8.00. The number of hydrogen-bond acceptors (Lipinski definition) is 4. The summed E-state index contributed by atoms with van der Waals surface area (Å²) in [5.41, 5.74) is 0.659. The number of nitrogens with zero attached hydrogens (tertiary/aromatic N) is 2. The van der Waals surface area contributed by atoms with Gasteiger partial charge < -0.3 is 9.88 Å². The van der Waals surface area contributed by atoms with Crippen LogP contribution >= 0.6 is 12.4 Å². The van der Waals surface area contributed by atoms with E-state index in [4.69, 9.17) is 0 Å². The lowest BCUT2D eigenvalue weighted by Crippen LogP contribution is -2.34. The Morgan fingerprint density at radius 3 is 2.68 bits per heavy atom. The Kier molecular flexibility index (Phi) is 6.26. The van der Waals surface area contributed by atoms with Crippen LogP contribution in [0, 0.1) is 6.92 Å². The Bertz CT molecular complexity index is 917. The van der Waals surface area contributed by atoms with Crippen molar-refractivity contribution >= 4 is 33.2 Å². The first-order valence-corrected chi connectivity index (χ1v) is 9.74. The number of nitrogens with one attached hydrogen (secondary N) is 1. The maximum atomic E-state index is 13.2. The first kappa shape index (κ1) is 19.9. The van der Waals surface area contributed by atoms with Gasteiger partial charge in [0.25, 0.3) is 5.56 Å². The molecule has 25 heavy (non-hydrogen) atoms. The van der Waals surface area contributed by atoms with Crippen LogP contribution in [0.25, 0.3) is 10.8 Å². The third-order valence-corrected chi connectivity index (χ3v) is 6.46. The highest BCUT2D eigenvalue weighted by Crippen LogP contribution is 2.27. The molecule has 1 saturated heterocycles. The van der Waals surface area contributed by atoms with Crippen LogP contribution in [0.2, 0.25) is 0 Å². The molecule has 0 radical (unpaired) electrons. The Morgan fingerprint density at radius 1 is 1.20 bits per heavy atom. The van der Waals surface area contributed by atoms with Crippen molar-refractivity contribution in [3.05, 3.63) is 40.3 Å². The molecule has 1 N–H and O–H groups in total. The smallest absolute Gasteiger partial charge is 0.258 e. The zero-order valence-electron chi connectivity index (χ0n) is 14.5. The van der Waals surface area contributed by atoms with Gasteiger partial charge in [-0.2, -0.15) is 4.31 Å². The molecular formula is C17H24ClN3O3S. The molecule has 8 heteroatoms. The van der Waals surface area contributed by atoms with Crippen LogP contribution in [0.15, 0.2) is 34.1 Å². The molecule has 0 bridgehead atoms. The number of aryl methyl sites for hydroxylation is 2. The summed E-state index contributed by atoms with van der Waals surface area (Å²) < 4.78 is 29.5. The van der Waals surface area contributed by atoms with Crippen LogP contribution in [0.3, 0.4) is 0 Å². The molecule has 0 aliphatic carbocycles. The Labute approximate surface area is 154 Å². The number of halogens is 1. The topological polar surface area (TPSA) is 71.4 Å². The Morgan fingerprint density at radius 2 is 1.96 bits per heavy atom. The van der Waals surface area contributed by atoms with Crippen molar-refractivity contribution in [3.8, 4) is 0 Å². The van der Waals surface area contributed by atoms with Gasteiger partial charge in [0, 0.05) is 43.1 Å². The van der Waals surface area contributed by atoms with E-state index in [1.54, 1.807) is 29.0 Å². The van der Waals surface area contributed by atoms with E-state index in [1.807, 2.05) is 13.8 Å². The predicted octanol–water partition coefficient (Wildman–Crippen LogP) is 1.74. The molecular weight excluding hydrogens is 362 g/mol. The molecule has 2 aromatic rings. The van der Waals surface area contributed by atoms with E-state index < -0.39 is 10.0 Å². The summed E-state index contributed by atoms with van der Waals surface area (Å²) in [5, 5.41) is 4.22. The van der Waals surface area contributed by atoms with Gasteiger partial charge in [-0.15, -0.1) is 12.4 Å². The Hall–Kier alpha value is -1.41. The van der Waals surface area contributed by atoms with Gasteiger partial charge in [0.05, 0.1) is 4.90 Å². The molecule has 0 atom stereocenters. The molecule has 6 nitrogen and oxygen atoms in total. The third-order valence-electron chi connectivity index (χ3n) is 4.52. The minimum absolute atomic E-state index is 0. The molecule has 0 spiro atoms. The molecule has 0 amide bonds. The van der Waals surface area contributed by atoms with E-state index in [-0.39, 0.29) is 22.9 Å². The van der Waals surface area contributed by atoms with Crippen LogP contribution in [0.5, 0.6) is 0 Å². The fourth-order valence-corrected chi connectivity index (χ4v) is 5.04. The fourth-order valence-electron chi connectivity index (χ4n) is 3.28. The minimum atomic E-state index is -3.63. The van der Waals surface area contributed by atoms with Crippen LogP contribution < -0.4 is 10.9 Å². The maximum absolute atomic E-state index is 13.2. The van der Waals surface area contributed by atoms with Gasteiger partial charge in [-0.3, -0.25) is 4.79 Å². The van der Waals surface area contributed by atoms with Crippen LogP contribution in [0.1, 0.15) is 18.9 Å². The molecule has 1 aliphatic heterocycles. The number of aromatic nitrogens is 1. The Balaban J connectivity index is 0.00000225. The number of pyridine rings is 1. The van der Waals surface area contributed by atoms with Crippen LogP contribution in [-0.4, -0.2) is 43.5 Å². The third kappa shape index (κ3) is 3.60. The molecule has 3 rings (SSSR count). The predicted molar refractivity (Wildman–Crippen MR) is 102 cm³/mol. The van der Waals surface area contributed by atoms with E-state index in [2.05, 4.69) is 5.32 Å². The molecule has 1 aromatic heterocycles. The first-order valence-electron chi connectivity index (χ1n) is 8.30. The van der Waals surface area contributed by atoms with Gasteiger partial charge in [0.1, 0.15) is 0 Å². The van der Waals surface area contributed by atoms with Gasteiger partial charge >= 0.3 is 0 Å². The van der Waals surface area contributed by atoms with Crippen molar-refractivity contribution in [1.29, 1.82) is 0 Å². The van der Waals surface area contributed by atoms with Crippen molar-refractivity contribution in [3.63, 3.8) is 0 Å². The van der Waals surface area contributed by atoms with Crippen molar-refractivity contribution in [2.24, 2.45) is 0 Å². The SMILES string of the molecule is CCn1cc(C)c2c(S(=O)(=O)N3CCCNCC3)cccc2c1=O.Cl. The van der Waals surface area contributed by atoms with E-state index in [0.29, 0.717) is 37.0 Å². The second-order valence-electron chi connectivity index (χ2n) is 6.09. The highest BCUT2D eigenvalue weighted by molar-refractivity contribution is 7.89. The summed E-state index contributed by atoms with van der Waals surface area (Å²) in [5.74, 6) is 0.